The van der Waals surface area contributed by atoms with Crippen LogP contribution in [0.4, 0.5) is 5.69 Å². The first-order chi connectivity index (χ1) is 17.2. The van der Waals surface area contributed by atoms with E-state index in [0.717, 1.165) is 5.01 Å². The summed E-state index contributed by atoms with van der Waals surface area (Å²) in [5, 5.41) is 8.02. The first-order valence-corrected chi connectivity index (χ1v) is 12.2. The molecule has 1 aromatic carbocycles. The number of hydrogen-bond acceptors (Lipinski definition) is 8. The number of carbonyl (C=O) groups is 5. The molecule has 0 bridgehead atoms. The van der Waals surface area contributed by atoms with Gasteiger partial charge in [-0.3, -0.25) is 29.0 Å². The largest absolute Gasteiger partial charge is 0.433 e. The van der Waals surface area contributed by atoms with Crippen molar-refractivity contribution in [3.05, 3.63) is 28.8 Å². The lowest BCUT2D eigenvalue weighted by atomic mass is 10.0. The maximum absolute atomic E-state index is 13.6. The van der Waals surface area contributed by atoms with Gasteiger partial charge in [-0.1, -0.05) is 11.6 Å². The molecule has 3 aliphatic rings. The molecule has 0 aromatic heterocycles. The Labute approximate surface area is 212 Å². The fraction of sp³-hybridized carbons (Fsp3) is 0.522. The second kappa shape index (κ2) is 10.7. The highest BCUT2D eigenvalue weighted by Crippen LogP contribution is 2.26. The van der Waals surface area contributed by atoms with E-state index in [0.29, 0.717) is 18.5 Å². The maximum atomic E-state index is 13.6. The predicted molar refractivity (Wildman–Crippen MR) is 126 cm³/mol. The number of hydrogen-bond donors (Lipinski definition) is 3. The predicted octanol–water partition coefficient (Wildman–Crippen LogP) is 0.343. The minimum atomic E-state index is -1.04. The van der Waals surface area contributed by atoms with E-state index in [-0.39, 0.29) is 48.9 Å². The van der Waals surface area contributed by atoms with Crippen LogP contribution >= 0.6 is 11.6 Å². The number of nitrogen functional groups attached to an aromatic ring is 1. The number of rotatable bonds is 6. The number of nitrogens with zero attached hydrogens (tertiary/aromatic N) is 2. The number of cyclic esters (lactones) is 1. The average Bonchev–Trinajstić information content (AvgIpc) is 3.14. The lowest BCUT2D eigenvalue weighted by Crippen LogP contribution is -2.64. The smallest absolute Gasteiger partial charge is 0.310 e. The van der Waals surface area contributed by atoms with Gasteiger partial charge in [-0.05, 0) is 44.4 Å². The maximum Gasteiger partial charge on any atom is 0.310 e. The van der Waals surface area contributed by atoms with Gasteiger partial charge in [-0.2, -0.15) is 0 Å². The van der Waals surface area contributed by atoms with Crippen LogP contribution in [-0.4, -0.2) is 77.2 Å². The number of halogens is 1. The molecule has 1 aromatic rings. The third-order valence-electron chi connectivity index (χ3n) is 6.35. The molecular weight excluding hydrogens is 494 g/mol. The molecule has 3 fully saturated rings. The van der Waals surface area contributed by atoms with Gasteiger partial charge in [-0.15, -0.1) is 0 Å². The van der Waals surface area contributed by atoms with E-state index in [1.165, 1.54) is 23.2 Å². The molecular formula is C23H28ClN5O7. The van der Waals surface area contributed by atoms with Gasteiger partial charge in [0.15, 0.2) is 0 Å². The second-order valence-corrected chi connectivity index (χ2v) is 9.20. The summed E-state index contributed by atoms with van der Waals surface area (Å²) in [7, 11) is 0. The molecule has 0 radical (unpaired) electrons. The fourth-order valence-corrected chi connectivity index (χ4v) is 4.74. The van der Waals surface area contributed by atoms with E-state index >= 15 is 0 Å². The van der Waals surface area contributed by atoms with Gasteiger partial charge < -0.3 is 25.8 Å². The van der Waals surface area contributed by atoms with Gasteiger partial charge in [0, 0.05) is 25.1 Å². The summed E-state index contributed by atoms with van der Waals surface area (Å²) >= 11 is 6.01. The van der Waals surface area contributed by atoms with Crippen molar-refractivity contribution in [2.24, 2.45) is 0 Å². The number of esters is 1. The van der Waals surface area contributed by atoms with Crippen LogP contribution in [-0.2, 0) is 28.7 Å². The Bertz CT molecular complexity index is 1080. The van der Waals surface area contributed by atoms with Crippen LogP contribution < -0.4 is 16.4 Å². The van der Waals surface area contributed by atoms with Crippen LogP contribution in [0.15, 0.2) is 18.2 Å². The molecule has 36 heavy (non-hydrogen) atoms. The Balaban J connectivity index is 1.52. The minimum Gasteiger partial charge on any atom is -0.433 e. The standard InChI is InChI=1S/C23H28ClN5O7/c1-2-35-23-16(11-19(31)36-23)27-21(33)17-4-3-9-28-18(30)8-7-15(22(34)29(17)28)26-20(32)12-5-6-14(25)13(24)10-12/h5-6,10,15-17,23H,2-4,7-9,11,25H2,1H3,(H,26,32)(H,27,33)/t15-,16-,17-,23?/m0/s1. The number of fused-ring (bicyclic) bond motifs is 1. The number of carbonyl (C=O) groups excluding carboxylic acids is 5. The first kappa shape index (κ1) is 25.7. The van der Waals surface area contributed by atoms with Crippen LogP contribution in [0.2, 0.25) is 5.02 Å². The zero-order valence-corrected chi connectivity index (χ0v) is 20.5. The molecule has 4 amide bonds. The number of nitrogens with one attached hydrogen (secondary N) is 2. The van der Waals surface area contributed by atoms with Crippen molar-refractivity contribution in [3.8, 4) is 0 Å². The van der Waals surface area contributed by atoms with Crippen LogP contribution in [0.25, 0.3) is 0 Å². The van der Waals surface area contributed by atoms with Crippen molar-refractivity contribution in [2.45, 2.75) is 63.4 Å². The molecule has 3 aliphatic heterocycles. The number of nitrogens with two attached hydrogens (primary N) is 1. The van der Waals surface area contributed by atoms with E-state index in [1.54, 1.807) is 6.92 Å². The molecule has 4 atom stereocenters. The summed E-state index contributed by atoms with van der Waals surface area (Å²) < 4.78 is 10.5. The molecule has 194 valence electrons. The Morgan fingerprint density at radius 2 is 2.00 bits per heavy atom. The highest BCUT2D eigenvalue weighted by atomic mass is 35.5. The molecule has 3 heterocycles. The first-order valence-electron chi connectivity index (χ1n) is 11.8. The summed E-state index contributed by atoms with van der Waals surface area (Å²) in [4.78, 5) is 64.3. The van der Waals surface area contributed by atoms with Crippen LogP contribution in [0.3, 0.4) is 0 Å². The Hall–Kier alpha value is -3.38. The van der Waals surface area contributed by atoms with E-state index < -0.39 is 48.1 Å². The van der Waals surface area contributed by atoms with Gasteiger partial charge in [0.2, 0.25) is 18.1 Å². The monoisotopic (exact) mass is 521 g/mol. The topological polar surface area (TPSA) is 160 Å². The summed E-state index contributed by atoms with van der Waals surface area (Å²) in [6.07, 6.45) is -0.0965. The molecule has 1 unspecified atom stereocenters. The highest BCUT2D eigenvalue weighted by molar-refractivity contribution is 6.33. The van der Waals surface area contributed by atoms with Crippen molar-refractivity contribution in [1.82, 2.24) is 20.7 Å². The zero-order chi connectivity index (χ0) is 26.0. The van der Waals surface area contributed by atoms with E-state index in [9.17, 15) is 24.0 Å². The highest BCUT2D eigenvalue weighted by Gasteiger charge is 2.46. The third-order valence-corrected chi connectivity index (χ3v) is 6.68. The normalized spacial score (nSPS) is 26.2. The number of amides is 4. The van der Waals surface area contributed by atoms with Crippen LogP contribution in [0, 0.1) is 0 Å². The van der Waals surface area contributed by atoms with E-state index in [1.807, 2.05) is 0 Å². The van der Waals surface area contributed by atoms with E-state index in [2.05, 4.69) is 10.6 Å². The molecule has 4 N–H and O–H groups in total. The molecule has 0 aliphatic carbocycles. The fourth-order valence-electron chi connectivity index (χ4n) is 4.56. The van der Waals surface area contributed by atoms with Crippen molar-refractivity contribution in [1.29, 1.82) is 0 Å². The molecule has 13 heteroatoms. The second-order valence-electron chi connectivity index (χ2n) is 8.79. The molecule has 0 spiro atoms. The summed E-state index contributed by atoms with van der Waals surface area (Å²) in [5.74, 6) is -2.49. The lowest BCUT2D eigenvalue weighted by molar-refractivity contribution is -0.177. The molecule has 0 saturated carbocycles. The van der Waals surface area contributed by atoms with Gasteiger partial charge >= 0.3 is 5.97 Å². The average molecular weight is 522 g/mol. The SMILES string of the molecule is CCOC1OC(=O)C[C@@H]1NC(=O)[C@@H]1CCCN2C(=O)CC[C@H](NC(=O)c3ccc(N)c(Cl)c3)C(=O)N12. The van der Waals surface area contributed by atoms with Crippen LogP contribution in [0.1, 0.15) is 49.4 Å². The number of ether oxygens (including phenoxy) is 2. The lowest BCUT2D eigenvalue weighted by Gasteiger charge is -2.43. The van der Waals surface area contributed by atoms with Gasteiger partial charge in [0.1, 0.15) is 18.1 Å². The summed E-state index contributed by atoms with van der Waals surface area (Å²) in [5.41, 5.74) is 6.21. The molecule has 12 nitrogen and oxygen atoms in total. The summed E-state index contributed by atoms with van der Waals surface area (Å²) in [6.45, 7) is 2.29. The Kier molecular flexibility index (Phi) is 7.65. The van der Waals surface area contributed by atoms with Gasteiger partial charge in [0.25, 0.3) is 11.8 Å². The number of benzene rings is 1. The minimum absolute atomic E-state index is 0.0153. The quantitative estimate of drug-likeness (QED) is 0.357. The third kappa shape index (κ3) is 5.24. The summed E-state index contributed by atoms with van der Waals surface area (Å²) in [6, 6.07) is 1.59. The Morgan fingerprint density at radius 3 is 2.72 bits per heavy atom. The number of anilines is 1. The van der Waals surface area contributed by atoms with Crippen molar-refractivity contribution < 1.29 is 33.4 Å². The van der Waals surface area contributed by atoms with Crippen LogP contribution in [0.5, 0.6) is 0 Å². The van der Waals surface area contributed by atoms with Crippen molar-refractivity contribution in [3.63, 3.8) is 0 Å². The van der Waals surface area contributed by atoms with Crippen molar-refractivity contribution >= 4 is 46.9 Å². The van der Waals surface area contributed by atoms with E-state index in [4.69, 9.17) is 26.8 Å². The molecule has 4 rings (SSSR count). The van der Waals surface area contributed by atoms with Gasteiger partial charge in [-0.25, -0.2) is 5.01 Å². The Morgan fingerprint density at radius 1 is 1.22 bits per heavy atom. The van der Waals surface area contributed by atoms with Gasteiger partial charge in [0.05, 0.1) is 17.1 Å². The molecule has 3 saturated heterocycles. The zero-order valence-electron chi connectivity index (χ0n) is 19.7. The van der Waals surface area contributed by atoms with Crippen molar-refractivity contribution in [2.75, 3.05) is 18.9 Å². The number of hydrazine groups is 1.